The molecule has 1 fully saturated rings. The molecule has 2 aliphatic heterocycles. The van der Waals surface area contributed by atoms with E-state index in [0.29, 0.717) is 22.4 Å². The summed E-state index contributed by atoms with van der Waals surface area (Å²) in [5, 5.41) is 2.13. The number of carbonyl (C=O) groups is 3. The maximum absolute atomic E-state index is 13.8. The van der Waals surface area contributed by atoms with E-state index in [-0.39, 0.29) is 31.8 Å². The summed E-state index contributed by atoms with van der Waals surface area (Å²) in [6.07, 6.45) is -0.0746. The predicted molar refractivity (Wildman–Crippen MR) is 93.2 cm³/mol. The van der Waals surface area contributed by atoms with Crippen LogP contribution in [0.25, 0.3) is 0 Å². The van der Waals surface area contributed by atoms with E-state index in [1.165, 1.54) is 6.07 Å². The molecule has 7 heteroatoms. The Morgan fingerprint density at radius 1 is 1.19 bits per heavy atom. The fraction of sp³-hybridized carbons (Fsp3) is 0.250. The van der Waals surface area contributed by atoms with Crippen molar-refractivity contribution in [1.29, 1.82) is 0 Å². The summed E-state index contributed by atoms with van der Waals surface area (Å²) in [6.45, 7) is -0.00888. The van der Waals surface area contributed by atoms with Crippen LogP contribution in [0.5, 0.6) is 5.75 Å². The molecule has 2 aromatic rings. The lowest BCUT2D eigenvalue weighted by molar-refractivity contribution is -0.136. The van der Waals surface area contributed by atoms with Gasteiger partial charge < -0.3 is 9.64 Å². The summed E-state index contributed by atoms with van der Waals surface area (Å²) < 4.78 is 28.1. The number of ether oxygens (including phenoxy) is 1. The topological polar surface area (TPSA) is 75.7 Å². The highest BCUT2D eigenvalue weighted by atomic mass is 19.1. The van der Waals surface area contributed by atoms with Gasteiger partial charge in [-0.25, -0.2) is 4.39 Å². The minimum Gasteiger partial charge on any atom is -0.488 e. The van der Waals surface area contributed by atoms with E-state index in [1.54, 1.807) is 36.4 Å². The number of nitrogens with zero attached hydrogens (tertiary/aromatic N) is 1. The second kappa shape index (κ2) is 6.83. The van der Waals surface area contributed by atoms with Gasteiger partial charge in [0, 0.05) is 23.1 Å². The van der Waals surface area contributed by atoms with Gasteiger partial charge in [-0.05, 0) is 24.6 Å². The van der Waals surface area contributed by atoms with Crippen LogP contribution in [-0.4, -0.2) is 28.6 Å². The number of amides is 3. The van der Waals surface area contributed by atoms with Crippen LogP contribution < -0.4 is 10.1 Å². The van der Waals surface area contributed by atoms with Gasteiger partial charge in [0.05, 0.1) is 7.92 Å². The standard InChI is InChI=1S/C20H17FN2O4/c21-15-6-2-1-4-12(15)11-27-17-7-3-5-13-14(17)10-23(20(13)26)16-8-9-18(24)22-19(16)25/h1-7,16H,8-11H2,(H,22,24,25)/i16D. The van der Waals surface area contributed by atoms with Gasteiger partial charge in [-0.3, -0.25) is 19.7 Å². The first-order chi connectivity index (χ1) is 13.4. The van der Waals surface area contributed by atoms with Crippen molar-refractivity contribution >= 4 is 17.7 Å². The zero-order chi connectivity index (χ0) is 19.9. The molecular weight excluding hydrogens is 351 g/mol. The quantitative estimate of drug-likeness (QED) is 0.838. The van der Waals surface area contributed by atoms with Crippen LogP contribution >= 0.6 is 0 Å². The fourth-order valence-electron chi connectivity index (χ4n) is 3.29. The number of piperidine rings is 1. The third-order valence-corrected chi connectivity index (χ3v) is 4.70. The highest BCUT2D eigenvalue weighted by Gasteiger charge is 2.40. The van der Waals surface area contributed by atoms with Crippen molar-refractivity contribution in [2.24, 2.45) is 0 Å². The third-order valence-electron chi connectivity index (χ3n) is 4.70. The average molecular weight is 369 g/mol. The molecule has 3 amide bonds. The molecule has 138 valence electrons. The molecule has 4 rings (SSSR count). The zero-order valence-electron chi connectivity index (χ0n) is 15.3. The number of carbonyl (C=O) groups excluding carboxylic acids is 3. The Morgan fingerprint density at radius 3 is 2.78 bits per heavy atom. The van der Waals surface area contributed by atoms with Gasteiger partial charge in [0.15, 0.2) is 0 Å². The first-order valence-corrected chi connectivity index (χ1v) is 8.54. The van der Waals surface area contributed by atoms with E-state index in [0.717, 1.165) is 4.90 Å². The van der Waals surface area contributed by atoms with Gasteiger partial charge in [-0.2, -0.15) is 0 Å². The number of halogens is 1. The molecule has 27 heavy (non-hydrogen) atoms. The van der Waals surface area contributed by atoms with Crippen LogP contribution in [0.3, 0.4) is 0 Å². The molecular formula is C20H17FN2O4. The van der Waals surface area contributed by atoms with Crippen LogP contribution in [-0.2, 0) is 22.7 Å². The van der Waals surface area contributed by atoms with Crippen molar-refractivity contribution < 1.29 is 24.9 Å². The van der Waals surface area contributed by atoms with Crippen LogP contribution in [0.4, 0.5) is 4.39 Å². The second-order valence-corrected chi connectivity index (χ2v) is 6.38. The van der Waals surface area contributed by atoms with Crippen molar-refractivity contribution in [3.05, 3.63) is 65.0 Å². The van der Waals surface area contributed by atoms with Gasteiger partial charge in [0.2, 0.25) is 11.8 Å². The molecule has 0 bridgehead atoms. The van der Waals surface area contributed by atoms with Crippen LogP contribution in [0, 0.1) is 5.82 Å². The van der Waals surface area contributed by atoms with Crippen molar-refractivity contribution in [3.8, 4) is 5.75 Å². The lowest BCUT2D eigenvalue weighted by Gasteiger charge is -2.29. The Balaban J connectivity index is 1.59. The maximum Gasteiger partial charge on any atom is 0.255 e. The Hall–Kier alpha value is -3.22. The number of fused-ring (bicyclic) bond motifs is 1. The zero-order valence-corrected chi connectivity index (χ0v) is 14.3. The molecule has 0 radical (unpaired) electrons. The normalized spacial score (nSPS) is 22.3. The molecule has 0 spiro atoms. The summed E-state index contributed by atoms with van der Waals surface area (Å²) >= 11 is 0. The van der Waals surface area contributed by atoms with Crippen molar-refractivity contribution in [2.45, 2.75) is 32.0 Å². The summed E-state index contributed by atoms with van der Waals surface area (Å²) in [5.41, 5.74) is 1.26. The Kier molecular flexibility index (Phi) is 4.04. The van der Waals surface area contributed by atoms with Crippen LogP contribution in [0.2, 0.25) is 0 Å². The first-order valence-electron chi connectivity index (χ1n) is 9.04. The average Bonchev–Trinajstić information content (AvgIpc) is 3.03. The highest BCUT2D eigenvalue weighted by Crippen LogP contribution is 2.34. The van der Waals surface area contributed by atoms with Crippen molar-refractivity contribution in [3.63, 3.8) is 0 Å². The van der Waals surface area contributed by atoms with E-state index in [4.69, 9.17) is 6.11 Å². The van der Waals surface area contributed by atoms with Crippen molar-refractivity contribution in [1.82, 2.24) is 10.2 Å². The van der Waals surface area contributed by atoms with Gasteiger partial charge >= 0.3 is 0 Å². The molecule has 2 aliphatic rings. The fourth-order valence-corrected chi connectivity index (χ4v) is 3.29. The molecule has 2 heterocycles. The number of hydrogen-bond acceptors (Lipinski definition) is 4. The Morgan fingerprint density at radius 2 is 2.00 bits per heavy atom. The minimum atomic E-state index is -1.85. The Bertz CT molecular complexity index is 996. The summed E-state index contributed by atoms with van der Waals surface area (Å²) in [4.78, 5) is 37.6. The largest absolute Gasteiger partial charge is 0.488 e. The molecule has 6 nitrogen and oxygen atoms in total. The molecule has 0 aliphatic carbocycles. The van der Waals surface area contributed by atoms with Gasteiger partial charge in [0.25, 0.3) is 5.91 Å². The van der Waals surface area contributed by atoms with Gasteiger partial charge in [-0.15, -0.1) is 0 Å². The van der Waals surface area contributed by atoms with Crippen LogP contribution in [0.15, 0.2) is 42.5 Å². The molecule has 2 aromatic carbocycles. The van der Waals surface area contributed by atoms with Crippen LogP contribution in [0.1, 0.15) is 35.7 Å². The Labute approximate surface area is 156 Å². The number of nitrogens with one attached hydrogen (secondary N) is 1. The van der Waals surface area contributed by atoms with Gasteiger partial charge in [-0.1, -0.05) is 24.3 Å². The summed E-state index contributed by atoms with van der Waals surface area (Å²) in [6, 6.07) is 9.29. The SMILES string of the molecule is [2H]C1(N2Cc3c(OCc4ccccc4F)cccc3C2=O)CCC(=O)NC1=O. The van der Waals surface area contributed by atoms with E-state index in [9.17, 15) is 18.8 Å². The maximum atomic E-state index is 13.8. The second-order valence-electron chi connectivity index (χ2n) is 6.38. The number of imide groups is 1. The number of hydrogen-bond donors (Lipinski definition) is 1. The molecule has 1 atom stereocenters. The highest BCUT2D eigenvalue weighted by molar-refractivity contribution is 6.05. The minimum absolute atomic E-state index is 0.00667. The number of rotatable bonds is 4. The lowest BCUT2D eigenvalue weighted by Crippen LogP contribution is -2.52. The summed E-state index contributed by atoms with van der Waals surface area (Å²) in [5.74, 6) is -1.72. The first kappa shape index (κ1) is 16.0. The molecule has 1 unspecified atom stereocenters. The smallest absolute Gasteiger partial charge is 0.255 e. The summed E-state index contributed by atoms with van der Waals surface area (Å²) in [7, 11) is 0. The molecule has 0 saturated carbocycles. The van der Waals surface area contributed by atoms with E-state index in [1.807, 2.05) is 0 Å². The number of benzene rings is 2. The predicted octanol–water partition coefficient (Wildman–Crippen LogP) is 2.17. The van der Waals surface area contributed by atoms with E-state index < -0.39 is 23.7 Å². The van der Waals surface area contributed by atoms with Gasteiger partial charge in [0.1, 0.15) is 24.2 Å². The molecule has 1 N–H and O–H groups in total. The molecule has 0 aromatic heterocycles. The van der Waals surface area contributed by atoms with E-state index in [2.05, 4.69) is 5.32 Å². The lowest BCUT2D eigenvalue weighted by atomic mass is 10.0. The third kappa shape index (κ3) is 3.16. The van der Waals surface area contributed by atoms with Crippen molar-refractivity contribution in [2.75, 3.05) is 0 Å². The van der Waals surface area contributed by atoms with E-state index >= 15 is 0 Å². The molecule has 1 saturated heterocycles. The monoisotopic (exact) mass is 369 g/mol.